The number of carboxylic acid groups (broad SMARTS) is 2. The molecule has 0 saturated heterocycles. The Hall–Kier alpha value is -2.10. The predicted octanol–water partition coefficient (Wildman–Crippen LogP) is 0.634. The minimum atomic E-state index is -4.04. The highest BCUT2D eigenvalue weighted by molar-refractivity contribution is 8.00. The molecule has 0 aromatic carbocycles. The SMILES string of the molecule is CC(C)(C)OC(=O)N(CCCCCC(=O)NC(CCC(=O)O)C(=O)O)S(=O)(=O)CCSCC(O)CO. The summed E-state index contributed by atoms with van der Waals surface area (Å²) >= 11 is 1.12. The molecule has 0 radical (unpaired) electrons. The number of nitrogens with zero attached hydrogens (tertiary/aromatic N) is 1. The maximum atomic E-state index is 12.8. The van der Waals surface area contributed by atoms with Crippen molar-refractivity contribution >= 4 is 45.7 Å². The van der Waals surface area contributed by atoms with Crippen molar-refractivity contribution in [1.82, 2.24) is 9.62 Å². The number of ether oxygens (including phenoxy) is 1. The van der Waals surface area contributed by atoms with Gasteiger partial charge in [0.2, 0.25) is 15.9 Å². The van der Waals surface area contributed by atoms with E-state index in [-0.39, 0.29) is 49.5 Å². The molecular weight excluding hydrogens is 520 g/mol. The molecule has 0 aliphatic carbocycles. The van der Waals surface area contributed by atoms with Crippen LogP contribution in [0.2, 0.25) is 0 Å². The highest BCUT2D eigenvalue weighted by Gasteiger charge is 2.31. The first-order valence-corrected chi connectivity index (χ1v) is 14.2. The first-order valence-electron chi connectivity index (χ1n) is 11.4. The fraction of sp³-hybridized carbons (Fsp3) is 0.810. The molecule has 36 heavy (non-hydrogen) atoms. The van der Waals surface area contributed by atoms with E-state index < -0.39 is 64.7 Å². The average molecular weight is 559 g/mol. The number of carbonyl (C=O) groups is 4. The van der Waals surface area contributed by atoms with E-state index in [4.69, 9.17) is 20.1 Å². The van der Waals surface area contributed by atoms with Crippen molar-refractivity contribution in [3.05, 3.63) is 0 Å². The molecule has 210 valence electrons. The summed E-state index contributed by atoms with van der Waals surface area (Å²) in [4.78, 5) is 46.3. The number of aliphatic hydroxyl groups is 2. The molecule has 0 aromatic rings. The third-order valence-electron chi connectivity index (χ3n) is 4.48. The number of aliphatic carboxylic acids is 2. The Morgan fingerprint density at radius 2 is 1.69 bits per heavy atom. The van der Waals surface area contributed by atoms with Gasteiger partial charge in [0.25, 0.3) is 0 Å². The third kappa shape index (κ3) is 15.8. The van der Waals surface area contributed by atoms with Gasteiger partial charge < -0.3 is 30.5 Å². The van der Waals surface area contributed by atoms with Crippen LogP contribution in [0.1, 0.15) is 59.3 Å². The fourth-order valence-corrected chi connectivity index (χ4v) is 5.46. The van der Waals surface area contributed by atoms with E-state index in [2.05, 4.69) is 5.32 Å². The molecule has 2 atom stereocenters. The summed E-state index contributed by atoms with van der Waals surface area (Å²) in [6, 6.07) is -1.32. The van der Waals surface area contributed by atoms with Crippen LogP contribution in [0.4, 0.5) is 4.79 Å². The molecule has 2 amide bonds. The van der Waals surface area contributed by atoms with Gasteiger partial charge in [0.1, 0.15) is 11.6 Å². The summed E-state index contributed by atoms with van der Waals surface area (Å²) < 4.78 is 31.4. The minimum absolute atomic E-state index is 0.0557. The molecule has 0 aliphatic heterocycles. The second kappa shape index (κ2) is 16.6. The minimum Gasteiger partial charge on any atom is -0.481 e. The lowest BCUT2D eigenvalue weighted by Gasteiger charge is -2.27. The number of carboxylic acids is 2. The van der Waals surface area contributed by atoms with E-state index in [0.29, 0.717) is 10.7 Å². The Balaban J connectivity index is 4.84. The van der Waals surface area contributed by atoms with Crippen molar-refractivity contribution < 1.29 is 52.8 Å². The number of unbranched alkanes of at least 4 members (excludes halogenated alkanes) is 2. The lowest BCUT2D eigenvalue weighted by molar-refractivity contribution is -0.143. The summed E-state index contributed by atoms with van der Waals surface area (Å²) in [7, 11) is -4.04. The molecule has 0 fully saturated rings. The maximum Gasteiger partial charge on any atom is 0.424 e. The van der Waals surface area contributed by atoms with Gasteiger partial charge in [-0.05, 0) is 40.0 Å². The van der Waals surface area contributed by atoms with Crippen LogP contribution in [0, 0.1) is 0 Å². The predicted molar refractivity (Wildman–Crippen MR) is 132 cm³/mol. The molecule has 0 rings (SSSR count). The highest BCUT2D eigenvalue weighted by atomic mass is 32.2. The van der Waals surface area contributed by atoms with Crippen LogP contribution in [-0.2, 0) is 29.1 Å². The van der Waals surface area contributed by atoms with Crippen molar-refractivity contribution in [2.75, 3.05) is 30.4 Å². The zero-order chi connectivity index (χ0) is 27.9. The third-order valence-corrected chi connectivity index (χ3v) is 7.58. The van der Waals surface area contributed by atoms with E-state index >= 15 is 0 Å². The molecule has 0 spiro atoms. The normalized spacial score (nSPS) is 13.5. The highest BCUT2D eigenvalue weighted by Crippen LogP contribution is 2.16. The van der Waals surface area contributed by atoms with Crippen LogP contribution in [0.5, 0.6) is 0 Å². The number of sulfonamides is 1. The second-order valence-corrected chi connectivity index (χ2v) is 12.1. The van der Waals surface area contributed by atoms with Gasteiger partial charge in [-0.15, -0.1) is 0 Å². The summed E-state index contributed by atoms with van der Waals surface area (Å²) in [5.41, 5.74) is -0.926. The van der Waals surface area contributed by atoms with E-state index in [1.165, 1.54) is 0 Å². The van der Waals surface area contributed by atoms with Crippen molar-refractivity contribution in [3.8, 4) is 0 Å². The number of hydrogen-bond acceptors (Lipinski definition) is 10. The van der Waals surface area contributed by atoms with Crippen LogP contribution in [-0.4, -0.2) is 105 Å². The summed E-state index contributed by atoms with van der Waals surface area (Å²) in [5.74, 6) is -3.25. The van der Waals surface area contributed by atoms with Gasteiger partial charge in [0.05, 0.1) is 18.5 Å². The number of carbonyl (C=O) groups excluding carboxylic acids is 2. The van der Waals surface area contributed by atoms with Crippen LogP contribution in [0.25, 0.3) is 0 Å². The second-order valence-electron chi connectivity index (χ2n) is 8.98. The summed E-state index contributed by atoms with van der Waals surface area (Å²) in [6.07, 6.45) is -1.85. The quantitative estimate of drug-likeness (QED) is 0.147. The van der Waals surface area contributed by atoms with Gasteiger partial charge >= 0.3 is 18.0 Å². The standard InChI is InChI=1S/C21H38N2O11S2/c1-21(2,3)34-20(31)23(36(32,33)12-11-35-14-15(25)13-24)10-6-4-5-7-17(26)22-16(19(29)30)8-9-18(27)28/h15-16,24-25H,4-14H2,1-3H3,(H,22,26)(H,27,28)(H,29,30). The zero-order valence-electron chi connectivity index (χ0n) is 20.8. The molecule has 0 aromatic heterocycles. The number of rotatable bonds is 18. The van der Waals surface area contributed by atoms with E-state index in [9.17, 15) is 32.7 Å². The Labute approximate surface area is 215 Å². The molecule has 15 heteroatoms. The number of thioether (sulfide) groups is 1. The van der Waals surface area contributed by atoms with Gasteiger partial charge in [-0.25, -0.2) is 22.3 Å². The number of nitrogens with one attached hydrogen (secondary N) is 1. The van der Waals surface area contributed by atoms with Gasteiger partial charge in [0, 0.05) is 30.9 Å². The fourth-order valence-electron chi connectivity index (χ4n) is 2.71. The number of amides is 2. The Bertz CT molecular complexity index is 828. The molecule has 5 N–H and O–H groups in total. The van der Waals surface area contributed by atoms with Crippen molar-refractivity contribution in [1.29, 1.82) is 0 Å². The smallest absolute Gasteiger partial charge is 0.424 e. The van der Waals surface area contributed by atoms with E-state index in [1.54, 1.807) is 20.8 Å². The van der Waals surface area contributed by atoms with E-state index in [1.807, 2.05) is 0 Å². The molecule has 0 bridgehead atoms. The zero-order valence-corrected chi connectivity index (χ0v) is 22.5. The lowest BCUT2D eigenvalue weighted by Crippen LogP contribution is -2.43. The van der Waals surface area contributed by atoms with Gasteiger partial charge in [0.15, 0.2) is 0 Å². The lowest BCUT2D eigenvalue weighted by atomic mass is 10.1. The van der Waals surface area contributed by atoms with Crippen LogP contribution in [0.15, 0.2) is 0 Å². The Morgan fingerprint density at radius 1 is 1.06 bits per heavy atom. The van der Waals surface area contributed by atoms with Gasteiger partial charge in [-0.1, -0.05) is 6.42 Å². The van der Waals surface area contributed by atoms with E-state index in [0.717, 1.165) is 11.8 Å². The molecule has 0 heterocycles. The monoisotopic (exact) mass is 558 g/mol. The van der Waals surface area contributed by atoms with Crippen LogP contribution >= 0.6 is 11.8 Å². The molecule has 13 nitrogen and oxygen atoms in total. The summed E-state index contributed by atoms with van der Waals surface area (Å²) in [5, 5.41) is 38.2. The first-order chi connectivity index (χ1) is 16.6. The van der Waals surface area contributed by atoms with Gasteiger partial charge in [-0.2, -0.15) is 11.8 Å². The van der Waals surface area contributed by atoms with Gasteiger partial charge in [-0.3, -0.25) is 9.59 Å². The number of hydrogen-bond donors (Lipinski definition) is 5. The molecular formula is C21H38N2O11S2. The molecule has 0 saturated carbocycles. The topological polar surface area (TPSA) is 208 Å². The first kappa shape index (κ1) is 33.9. The van der Waals surface area contributed by atoms with Crippen molar-refractivity contribution in [2.45, 2.75) is 77.0 Å². The van der Waals surface area contributed by atoms with Crippen LogP contribution < -0.4 is 5.32 Å². The molecule has 2 unspecified atom stereocenters. The van der Waals surface area contributed by atoms with Crippen LogP contribution in [0.3, 0.4) is 0 Å². The molecule has 0 aliphatic rings. The Morgan fingerprint density at radius 3 is 2.22 bits per heavy atom. The number of aliphatic hydroxyl groups excluding tert-OH is 2. The average Bonchev–Trinajstić information content (AvgIpc) is 2.74. The summed E-state index contributed by atoms with van der Waals surface area (Å²) in [6.45, 7) is 4.17. The van der Waals surface area contributed by atoms with Crippen molar-refractivity contribution in [3.63, 3.8) is 0 Å². The Kier molecular flexibility index (Phi) is 15.6. The largest absolute Gasteiger partial charge is 0.481 e. The van der Waals surface area contributed by atoms with Crippen molar-refractivity contribution in [2.24, 2.45) is 0 Å². The maximum absolute atomic E-state index is 12.8.